The van der Waals surface area contributed by atoms with Gasteiger partial charge in [-0.3, -0.25) is 0 Å². The summed E-state index contributed by atoms with van der Waals surface area (Å²) < 4.78 is 28.7. The maximum atomic E-state index is 11.0. The van der Waals surface area contributed by atoms with Crippen molar-refractivity contribution in [1.82, 2.24) is 0 Å². The molecule has 0 aliphatic carbocycles. The van der Waals surface area contributed by atoms with E-state index in [1.54, 1.807) is 0 Å². The highest BCUT2D eigenvalue weighted by Crippen LogP contribution is 2.23. The van der Waals surface area contributed by atoms with E-state index in [0.29, 0.717) is 13.0 Å². The molecule has 0 saturated carbocycles. The smallest absolute Gasteiger partial charge is 0.209 e. The molecule has 0 bridgehead atoms. The largest absolute Gasteiger partial charge is 0.493 e. The number of ether oxygens (including phenoxy) is 1. The second-order valence-corrected chi connectivity index (χ2v) is 6.90. The molecule has 6 heteroatoms. The van der Waals surface area contributed by atoms with Gasteiger partial charge in [-0.15, -0.1) is 0 Å². The highest BCUT2D eigenvalue weighted by Gasteiger charge is 2.15. The normalized spacial score (nSPS) is 13.3. The summed E-state index contributed by atoms with van der Waals surface area (Å²) in [7, 11) is -3.45. The van der Waals surface area contributed by atoms with Crippen LogP contribution in [0.15, 0.2) is 22.7 Å². The van der Waals surface area contributed by atoms with Crippen LogP contribution in [-0.4, -0.2) is 20.8 Å². The van der Waals surface area contributed by atoms with E-state index in [9.17, 15) is 8.42 Å². The van der Waals surface area contributed by atoms with Gasteiger partial charge >= 0.3 is 0 Å². The molecule has 0 spiro atoms. The standard InChI is InChI=1S/C12H18BrNO3S/c1-3-10(8-18(14,15)16)7-17-12-6-11(13)5-4-9(12)2/h4-6,10H,3,7-8H2,1-2H3,(H2,14,15,16). The zero-order valence-electron chi connectivity index (χ0n) is 10.5. The number of hydrogen-bond acceptors (Lipinski definition) is 3. The van der Waals surface area contributed by atoms with Gasteiger partial charge in [-0.05, 0) is 31.0 Å². The SMILES string of the molecule is CCC(COc1cc(Br)ccc1C)CS(N)(=O)=O. The van der Waals surface area contributed by atoms with Gasteiger partial charge in [0.15, 0.2) is 0 Å². The van der Waals surface area contributed by atoms with Crippen LogP contribution in [0.4, 0.5) is 0 Å². The van der Waals surface area contributed by atoms with E-state index in [4.69, 9.17) is 9.88 Å². The van der Waals surface area contributed by atoms with E-state index in [2.05, 4.69) is 15.9 Å². The fourth-order valence-electron chi connectivity index (χ4n) is 1.55. The van der Waals surface area contributed by atoms with Crippen LogP contribution < -0.4 is 9.88 Å². The Morgan fingerprint density at radius 1 is 1.44 bits per heavy atom. The third-order valence-corrected chi connectivity index (χ3v) is 4.10. The summed E-state index contributed by atoms with van der Waals surface area (Å²) in [5, 5.41) is 5.04. The van der Waals surface area contributed by atoms with Crippen molar-refractivity contribution in [3.05, 3.63) is 28.2 Å². The van der Waals surface area contributed by atoms with Crippen LogP contribution >= 0.6 is 15.9 Å². The highest BCUT2D eigenvalue weighted by atomic mass is 79.9. The molecular weight excluding hydrogens is 318 g/mol. The lowest BCUT2D eigenvalue weighted by Crippen LogP contribution is -2.26. The summed E-state index contributed by atoms with van der Waals surface area (Å²) in [6.07, 6.45) is 0.712. The van der Waals surface area contributed by atoms with E-state index in [1.165, 1.54) is 0 Å². The monoisotopic (exact) mass is 335 g/mol. The molecule has 0 aromatic heterocycles. The molecule has 1 unspecified atom stereocenters. The Hall–Kier alpha value is -0.590. The van der Waals surface area contributed by atoms with Gasteiger partial charge in [0.05, 0.1) is 12.4 Å². The van der Waals surface area contributed by atoms with Crippen LogP contribution in [-0.2, 0) is 10.0 Å². The van der Waals surface area contributed by atoms with Crippen molar-refractivity contribution < 1.29 is 13.2 Å². The van der Waals surface area contributed by atoms with Crippen LogP contribution in [0.2, 0.25) is 0 Å². The third kappa shape index (κ3) is 5.37. The summed E-state index contributed by atoms with van der Waals surface area (Å²) in [5.41, 5.74) is 1.02. The van der Waals surface area contributed by atoms with Crippen LogP contribution in [0.3, 0.4) is 0 Å². The van der Waals surface area contributed by atoms with Gasteiger partial charge in [-0.25, -0.2) is 13.6 Å². The molecule has 102 valence electrons. The Bertz CT molecular complexity index is 502. The fourth-order valence-corrected chi connectivity index (χ4v) is 2.88. The quantitative estimate of drug-likeness (QED) is 0.867. The first-order valence-corrected chi connectivity index (χ1v) is 8.22. The summed E-state index contributed by atoms with van der Waals surface area (Å²) in [4.78, 5) is 0. The molecule has 0 aliphatic heterocycles. The van der Waals surface area contributed by atoms with Crippen molar-refractivity contribution in [2.45, 2.75) is 20.3 Å². The van der Waals surface area contributed by atoms with Crippen molar-refractivity contribution in [3.8, 4) is 5.75 Å². The highest BCUT2D eigenvalue weighted by molar-refractivity contribution is 9.10. The van der Waals surface area contributed by atoms with E-state index >= 15 is 0 Å². The maximum Gasteiger partial charge on any atom is 0.209 e. The average Bonchev–Trinajstić information content (AvgIpc) is 2.27. The number of benzene rings is 1. The lowest BCUT2D eigenvalue weighted by atomic mass is 10.1. The molecule has 0 saturated heterocycles. The Kier molecular flexibility index (Phi) is 5.62. The van der Waals surface area contributed by atoms with Gasteiger partial charge in [0, 0.05) is 10.4 Å². The summed E-state index contributed by atoms with van der Waals surface area (Å²) in [5.74, 6) is 0.631. The van der Waals surface area contributed by atoms with E-state index in [-0.39, 0.29) is 11.7 Å². The van der Waals surface area contributed by atoms with E-state index < -0.39 is 10.0 Å². The molecule has 1 atom stereocenters. The average molecular weight is 336 g/mol. The lowest BCUT2D eigenvalue weighted by Gasteiger charge is -2.16. The molecule has 4 nitrogen and oxygen atoms in total. The van der Waals surface area contributed by atoms with Gasteiger partial charge in [0.2, 0.25) is 10.0 Å². The zero-order chi connectivity index (χ0) is 13.8. The molecule has 1 rings (SSSR count). The van der Waals surface area contributed by atoms with Crippen molar-refractivity contribution in [3.63, 3.8) is 0 Å². The van der Waals surface area contributed by atoms with Crippen LogP contribution in [0, 0.1) is 12.8 Å². The first-order chi connectivity index (χ1) is 8.31. The molecule has 18 heavy (non-hydrogen) atoms. The predicted molar refractivity (Wildman–Crippen MR) is 76.1 cm³/mol. The zero-order valence-corrected chi connectivity index (χ0v) is 12.9. The van der Waals surface area contributed by atoms with E-state index in [0.717, 1.165) is 15.8 Å². The van der Waals surface area contributed by atoms with Crippen LogP contribution in [0.5, 0.6) is 5.75 Å². The molecular formula is C12H18BrNO3S. The Balaban J connectivity index is 2.65. The molecule has 0 heterocycles. The molecule has 1 aromatic rings. The number of rotatable bonds is 6. The molecule has 2 N–H and O–H groups in total. The third-order valence-electron chi connectivity index (χ3n) is 2.67. The molecule has 1 aromatic carbocycles. The van der Waals surface area contributed by atoms with Crippen molar-refractivity contribution >= 4 is 26.0 Å². The number of aryl methyl sites for hydroxylation is 1. The van der Waals surface area contributed by atoms with Crippen molar-refractivity contribution in [1.29, 1.82) is 0 Å². The maximum absolute atomic E-state index is 11.0. The first-order valence-electron chi connectivity index (χ1n) is 5.71. The van der Waals surface area contributed by atoms with Gasteiger partial charge in [0.1, 0.15) is 5.75 Å². The Morgan fingerprint density at radius 3 is 2.67 bits per heavy atom. The minimum absolute atomic E-state index is 0.0451. The number of nitrogens with two attached hydrogens (primary N) is 1. The minimum Gasteiger partial charge on any atom is -0.493 e. The summed E-state index contributed by atoms with van der Waals surface area (Å²) in [6.45, 7) is 4.22. The minimum atomic E-state index is -3.45. The van der Waals surface area contributed by atoms with Gasteiger partial charge in [-0.1, -0.05) is 28.9 Å². The summed E-state index contributed by atoms with van der Waals surface area (Å²) in [6, 6.07) is 5.75. The Morgan fingerprint density at radius 2 is 2.11 bits per heavy atom. The molecule has 0 fully saturated rings. The topological polar surface area (TPSA) is 69.4 Å². The number of sulfonamides is 1. The second kappa shape index (κ2) is 6.54. The lowest BCUT2D eigenvalue weighted by molar-refractivity contribution is 0.256. The van der Waals surface area contributed by atoms with Gasteiger partial charge in [0.25, 0.3) is 0 Å². The molecule has 0 amide bonds. The van der Waals surface area contributed by atoms with Crippen molar-refractivity contribution in [2.75, 3.05) is 12.4 Å². The van der Waals surface area contributed by atoms with Gasteiger partial charge < -0.3 is 4.74 Å². The van der Waals surface area contributed by atoms with E-state index in [1.807, 2.05) is 32.0 Å². The predicted octanol–water partition coefficient (Wildman–Crippen LogP) is 2.45. The Labute approximate surface area is 117 Å². The molecule has 0 radical (unpaired) electrons. The number of halogens is 1. The van der Waals surface area contributed by atoms with Crippen LogP contribution in [0.1, 0.15) is 18.9 Å². The van der Waals surface area contributed by atoms with Crippen LogP contribution in [0.25, 0.3) is 0 Å². The van der Waals surface area contributed by atoms with Crippen molar-refractivity contribution in [2.24, 2.45) is 11.1 Å². The number of hydrogen-bond donors (Lipinski definition) is 1. The second-order valence-electron chi connectivity index (χ2n) is 4.32. The fraction of sp³-hybridized carbons (Fsp3) is 0.500. The summed E-state index contributed by atoms with van der Waals surface area (Å²) >= 11 is 3.37. The first kappa shape index (κ1) is 15.5. The molecule has 0 aliphatic rings. The van der Waals surface area contributed by atoms with Gasteiger partial charge in [-0.2, -0.15) is 0 Å². The number of primary sulfonamides is 1.